The van der Waals surface area contributed by atoms with Crippen LogP contribution in [0.2, 0.25) is 5.15 Å². The highest BCUT2D eigenvalue weighted by molar-refractivity contribution is 6.29. The zero-order valence-corrected chi connectivity index (χ0v) is 9.29. The van der Waals surface area contributed by atoms with Crippen molar-refractivity contribution in [1.29, 1.82) is 0 Å². The highest BCUT2D eigenvalue weighted by Gasteiger charge is 2.08. The number of anilines is 1. The maximum Gasteiger partial charge on any atom is 0.330 e. The summed E-state index contributed by atoms with van der Waals surface area (Å²) in [5.41, 5.74) is 5.56. The minimum atomic E-state index is -0.798. The van der Waals surface area contributed by atoms with Gasteiger partial charge in [0.15, 0.2) is 11.0 Å². The van der Waals surface area contributed by atoms with E-state index >= 15 is 0 Å². The van der Waals surface area contributed by atoms with Crippen LogP contribution in [-0.4, -0.2) is 17.6 Å². The van der Waals surface area contributed by atoms with Crippen molar-refractivity contribution in [2.24, 2.45) is 0 Å². The number of hydrogen-bond acceptors (Lipinski definition) is 4. The van der Waals surface area contributed by atoms with Gasteiger partial charge in [0.1, 0.15) is 0 Å². The van der Waals surface area contributed by atoms with E-state index in [1.165, 1.54) is 12.3 Å². The quantitative estimate of drug-likeness (QED) is 0.502. The molecule has 1 rings (SSSR count). The number of rotatable bonds is 3. The highest BCUT2D eigenvalue weighted by atomic mass is 35.5. The number of nitrogens with zero attached hydrogens (tertiary/aromatic N) is 1. The predicted octanol–water partition coefficient (Wildman–Crippen LogP) is 2.03. The molecule has 0 radical (unpaired) electrons. The highest BCUT2D eigenvalue weighted by Crippen LogP contribution is 2.22. The fourth-order valence-electron chi connectivity index (χ4n) is 0.971. The summed E-state index contributed by atoms with van der Waals surface area (Å²) in [6.45, 7) is 1.95. The largest absolute Gasteiger partial charge is 0.463 e. The van der Waals surface area contributed by atoms with Crippen LogP contribution in [0.3, 0.4) is 0 Å². The third-order valence-electron chi connectivity index (χ3n) is 1.73. The minimum absolute atomic E-state index is 0.152. The summed E-state index contributed by atoms with van der Waals surface area (Å²) in [6, 6.07) is 0. The Morgan fingerprint density at radius 1 is 1.75 bits per heavy atom. The van der Waals surface area contributed by atoms with Gasteiger partial charge in [-0.25, -0.2) is 14.2 Å². The van der Waals surface area contributed by atoms with E-state index in [0.717, 1.165) is 6.08 Å². The summed E-state index contributed by atoms with van der Waals surface area (Å²) >= 11 is 5.42. The van der Waals surface area contributed by atoms with Gasteiger partial charge in [-0.2, -0.15) is 0 Å². The molecule has 0 saturated carbocycles. The normalized spacial score (nSPS) is 10.7. The van der Waals surface area contributed by atoms with Crippen LogP contribution in [0, 0.1) is 5.82 Å². The topological polar surface area (TPSA) is 65.2 Å². The fraction of sp³-hybridized carbons (Fsp3) is 0.200. The standard InChI is InChI=1S/C10H10ClFN2O2/c1-2-16-7(15)4-3-6-5-14-10(11)8(12)9(6)13/h3-5H,2H2,1H3,(H2,13,14)/b4-3+. The molecule has 0 amide bonds. The molecule has 0 spiro atoms. The molecule has 4 nitrogen and oxygen atoms in total. The third-order valence-corrected chi connectivity index (χ3v) is 1.99. The summed E-state index contributed by atoms with van der Waals surface area (Å²) in [7, 11) is 0. The van der Waals surface area contributed by atoms with Gasteiger partial charge in [-0.1, -0.05) is 11.6 Å². The van der Waals surface area contributed by atoms with Crippen LogP contribution in [0.15, 0.2) is 12.3 Å². The van der Waals surface area contributed by atoms with Crippen molar-refractivity contribution in [3.63, 3.8) is 0 Å². The smallest absolute Gasteiger partial charge is 0.330 e. The van der Waals surface area contributed by atoms with Gasteiger partial charge >= 0.3 is 5.97 Å². The first-order chi connectivity index (χ1) is 7.56. The van der Waals surface area contributed by atoms with Crippen LogP contribution < -0.4 is 5.73 Å². The van der Waals surface area contributed by atoms with Crippen molar-refractivity contribution in [1.82, 2.24) is 4.98 Å². The number of nitrogen functional groups attached to an aromatic ring is 1. The number of carbonyl (C=O) groups excluding carboxylic acids is 1. The number of ether oxygens (including phenoxy) is 1. The molecular weight excluding hydrogens is 235 g/mol. The van der Waals surface area contributed by atoms with Crippen molar-refractivity contribution in [2.75, 3.05) is 12.3 Å². The number of pyridine rings is 1. The maximum atomic E-state index is 13.2. The van der Waals surface area contributed by atoms with Crippen molar-refractivity contribution in [2.45, 2.75) is 6.92 Å². The van der Waals surface area contributed by atoms with Gasteiger partial charge < -0.3 is 10.5 Å². The van der Waals surface area contributed by atoms with Crippen molar-refractivity contribution >= 4 is 29.3 Å². The van der Waals surface area contributed by atoms with Gasteiger partial charge in [-0.05, 0) is 13.0 Å². The molecule has 1 aromatic heterocycles. The molecule has 0 fully saturated rings. The van der Waals surface area contributed by atoms with Crippen LogP contribution in [0.4, 0.5) is 10.1 Å². The van der Waals surface area contributed by atoms with Gasteiger partial charge in [-0.15, -0.1) is 0 Å². The van der Waals surface area contributed by atoms with Gasteiger partial charge in [0, 0.05) is 17.8 Å². The van der Waals surface area contributed by atoms with Crippen molar-refractivity contribution < 1.29 is 13.9 Å². The van der Waals surface area contributed by atoms with E-state index < -0.39 is 11.8 Å². The lowest BCUT2D eigenvalue weighted by Crippen LogP contribution is -2.00. The summed E-state index contributed by atoms with van der Waals surface area (Å²) in [6.07, 6.45) is 3.74. The van der Waals surface area contributed by atoms with Gasteiger partial charge in [0.05, 0.1) is 12.3 Å². The average Bonchev–Trinajstić information content (AvgIpc) is 2.25. The lowest BCUT2D eigenvalue weighted by atomic mass is 10.2. The Kier molecular flexibility index (Phi) is 4.25. The molecule has 16 heavy (non-hydrogen) atoms. The SMILES string of the molecule is CCOC(=O)/C=C/c1cnc(Cl)c(F)c1N. The first kappa shape index (κ1) is 12.4. The van der Waals surface area contributed by atoms with E-state index in [0.29, 0.717) is 0 Å². The molecule has 1 heterocycles. The Morgan fingerprint density at radius 2 is 2.44 bits per heavy atom. The predicted molar refractivity (Wildman–Crippen MR) is 59.3 cm³/mol. The number of aromatic nitrogens is 1. The Bertz CT molecular complexity index is 435. The number of nitrogens with two attached hydrogens (primary N) is 1. The molecule has 0 aliphatic carbocycles. The summed E-state index contributed by atoms with van der Waals surface area (Å²) in [5, 5.41) is -0.300. The molecule has 0 unspecified atom stereocenters. The molecule has 2 N–H and O–H groups in total. The van der Waals surface area contributed by atoms with Crippen LogP contribution in [0.25, 0.3) is 6.08 Å². The molecule has 0 saturated heterocycles. The molecule has 6 heteroatoms. The molecule has 0 bridgehead atoms. The number of halogens is 2. The second-order valence-corrected chi connectivity index (χ2v) is 3.18. The molecule has 0 aromatic carbocycles. The van der Waals surface area contributed by atoms with Gasteiger partial charge in [0.2, 0.25) is 0 Å². The van der Waals surface area contributed by atoms with Crippen LogP contribution >= 0.6 is 11.6 Å². The van der Waals surface area contributed by atoms with E-state index in [2.05, 4.69) is 9.72 Å². The van der Waals surface area contributed by atoms with Crippen molar-refractivity contribution in [3.8, 4) is 0 Å². The zero-order chi connectivity index (χ0) is 12.1. The Hall–Kier alpha value is -1.62. The number of esters is 1. The summed E-state index contributed by atoms with van der Waals surface area (Å²) < 4.78 is 17.8. The van der Waals surface area contributed by atoms with Crippen LogP contribution in [0.1, 0.15) is 12.5 Å². The first-order valence-corrected chi connectivity index (χ1v) is 4.88. The van der Waals surface area contributed by atoms with E-state index in [1.807, 2.05) is 0 Å². The monoisotopic (exact) mass is 244 g/mol. The summed E-state index contributed by atoms with van der Waals surface area (Å²) in [4.78, 5) is 14.6. The zero-order valence-electron chi connectivity index (χ0n) is 8.54. The van der Waals surface area contributed by atoms with E-state index in [9.17, 15) is 9.18 Å². The molecular formula is C10H10ClFN2O2. The second-order valence-electron chi connectivity index (χ2n) is 2.82. The third kappa shape index (κ3) is 2.93. The number of carbonyl (C=O) groups is 1. The Balaban J connectivity index is 2.90. The molecule has 0 atom stereocenters. The molecule has 0 aliphatic heterocycles. The molecule has 1 aromatic rings. The Labute approximate surface area is 96.9 Å². The van der Waals surface area contributed by atoms with Gasteiger partial charge in [-0.3, -0.25) is 0 Å². The number of hydrogen-bond donors (Lipinski definition) is 1. The van der Waals surface area contributed by atoms with Crippen LogP contribution in [0.5, 0.6) is 0 Å². The average molecular weight is 245 g/mol. The second kappa shape index (κ2) is 5.46. The van der Waals surface area contributed by atoms with E-state index in [1.54, 1.807) is 6.92 Å². The first-order valence-electron chi connectivity index (χ1n) is 4.50. The van der Waals surface area contributed by atoms with E-state index in [4.69, 9.17) is 17.3 Å². The summed E-state index contributed by atoms with van der Waals surface area (Å²) in [5.74, 6) is -1.33. The maximum absolute atomic E-state index is 13.2. The van der Waals surface area contributed by atoms with Gasteiger partial charge in [0.25, 0.3) is 0 Å². The van der Waals surface area contributed by atoms with Crippen LogP contribution in [-0.2, 0) is 9.53 Å². The fourth-order valence-corrected chi connectivity index (χ4v) is 1.12. The lowest BCUT2D eigenvalue weighted by molar-refractivity contribution is -0.137. The lowest BCUT2D eigenvalue weighted by Gasteiger charge is -2.02. The Morgan fingerprint density at radius 3 is 3.06 bits per heavy atom. The molecule has 86 valence electrons. The minimum Gasteiger partial charge on any atom is -0.463 e. The molecule has 0 aliphatic rings. The van der Waals surface area contributed by atoms with Crippen molar-refractivity contribution in [3.05, 3.63) is 28.8 Å². The van der Waals surface area contributed by atoms with E-state index in [-0.39, 0.29) is 23.0 Å².